The Bertz CT molecular complexity index is 451. The largest absolute Gasteiger partial charge is 0.371 e. The number of hydrogen-bond acceptors (Lipinski definition) is 2. The van der Waals surface area contributed by atoms with Crippen LogP contribution >= 0.6 is 15.9 Å². The van der Waals surface area contributed by atoms with Crippen LogP contribution in [0.4, 0.5) is 5.69 Å². The van der Waals surface area contributed by atoms with Crippen molar-refractivity contribution < 1.29 is 0 Å². The van der Waals surface area contributed by atoms with Crippen molar-refractivity contribution in [3.05, 3.63) is 28.2 Å². The predicted octanol–water partition coefficient (Wildman–Crippen LogP) is 4.99. The van der Waals surface area contributed by atoms with Crippen LogP contribution in [0.2, 0.25) is 0 Å². The predicted molar refractivity (Wildman–Crippen MR) is 96.0 cm³/mol. The van der Waals surface area contributed by atoms with Crippen molar-refractivity contribution in [3.8, 4) is 0 Å². The number of piperidine rings is 1. The molecule has 2 nitrogen and oxygen atoms in total. The minimum atomic E-state index is 0.409. The van der Waals surface area contributed by atoms with Gasteiger partial charge in [-0.15, -0.1) is 0 Å². The lowest BCUT2D eigenvalue weighted by Crippen LogP contribution is -2.35. The summed E-state index contributed by atoms with van der Waals surface area (Å²) in [4.78, 5) is 2.53. The van der Waals surface area contributed by atoms with Gasteiger partial charge in [0.15, 0.2) is 0 Å². The van der Waals surface area contributed by atoms with Gasteiger partial charge in [-0.25, -0.2) is 0 Å². The second kappa shape index (κ2) is 7.64. The van der Waals surface area contributed by atoms with Crippen molar-refractivity contribution >= 4 is 21.6 Å². The summed E-state index contributed by atoms with van der Waals surface area (Å²) in [6.07, 6.45) is 2.64. The molecule has 1 aromatic rings. The van der Waals surface area contributed by atoms with Gasteiger partial charge in [0.1, 0.15) is 0 Å². The van der Waals surface area contributed by atoms with Crippen molar-refractivity contribution in [3.63, 3.8) is 0 Å². The molecule has 1 saturated heterocycles. The molecule has 1 fully saturated rings. The van der Waals surface area contributed by atoms with Crippen LogP contribution in [0.5, 0.6) is 0 Å². The van der Waals surface area contributed by atoms with E-state index < -0.39 is 0 Å². The first-order chi connectivity index (χ1) is 10.0. The fraction of sp³-hybridized carbons (Fsp3) is 0.667. The van der Waals surface area contributed by atoms with Gasteiger partial charge in [0.05, 0.1) is 5.69 Å². The Kier molecular flexibility index (Phi) is 6.12. The van der Waals surface area contributed by atoms with E-state index >= 15 is 0 Å². The van der Waals surface area contributed by atoms with Crippen LogP contribution < -0.4 is 10.2 Å². The molecular formula is C18H29BrN2. The standard InChI is InChI=1S/C18H29BrN2/c1-5-20-14(4)16-6-7-18(17(19)12-16)21-10-8-15(9-11-21)13(2)3/h6-7,12-15,20H,5,8-11H2,1-4H3. The third-order valence-electron chi connectivity index (χ3n) is 4.81. The molecular weight excluding hydrogens is 324 g/mol. The molecule has 118 valence electrons. The molecule has 0 spiro atoms. The minimum absolute atomic E-state index is 0.409. The lowest BCUT2D eigenvalue weighted by atomic mass is 9.86. The van der Waals surface area contributed by atoms with Gasteiger partial charge in [-0.05, 0) is 71.8 Å². The minimum Gasteiger partial charge on any atom is -0.371 e. The molecule has 0 bridgehead atoms. The van der Waals surface area contributed by atoms with Crippen LogP contribution in [-0.2, 0) is 0 Å². The zero-order valence-corrected chi connectivity index (χ0v) is 15.4. The number of benzene rings is 1. The summed E-state index contributed by atoms with van der Waals surface area (Å²) < 4.78 is 1.23. The zero-order chi connectivity index (χ0) is 15.4. The van der Waals surface area contributed by atoms with E-state index in [0.717, 1.165) is 18.4 Å². The monoisotopic (exact) mass is 352 g/mol. The van der Waals surface area contributed by atoms with Gasteiger partial charge >= 0.3 is 0 Å². The maximum Gasteiger partial charge on any atom is 0.0510 e. The van der Waals surface area contributed by atoms with Gasteiger partial charge in [-0.1, -0.05) is 26.8 Å². The molecule has 0 radical (unpaired) electrons. The van der Waals surface area contributed by atoms with Gasteiger partial charge in [0, 0.05) is 23.6 Å². The molecule has 0 aromatic heterocycles. The molecule has 1 aliphatic rings. The molecule has 1 unspecified atom stereocenters. The molecule has 21 heavy (non-hydrogen) atoms. The van der Waals surface area contributed by atoms with Crippen molar-refractivity contribution in [2.24, 2.45) is 11.8 Å². The smallest absolute Gasteiger partial charge is 0.0510 e. The van der Waals surface area contributed by atoms with Crippen LogP contribution in [0.25, 0.3) is 0 Å². The average Bonchev–Trinajstić information content (AvgIpc) is 2.47. The lowest BCUT2D eigenvalue weighted by molar-refractivity contribution is 0.311. The zero-order valence-electron chi connectivity index (χ0n) is 13.8. The number of hydrogen-bond donors (Lipinski definition) is 1. The average molecular weight is 353 g/mol. The van der Waals surface area contributed by atoms with Gasteiger partial charge in [-0.2, -0.15) is 0 Å². The summed E-state index contributed by atoms with van der Waals surface area (Å²) in [6.45, 7) is 12.5. The van der Waals surface area contributed by atoms with E-state index in [0.29, 0.717) is 6.04 Å². The highest BCUT2D eigenvalue weighted by Crippen LogP contribution is 2.33. The number of halogens is 1. The topological polar surface area (TPSA) is 15.3 Å². The van der Waals surface area contributed by atoms with E-state index in [1.165, 1.54) is 41.7 Å². The Labute approximate surface area is 138 Å². The molecule has 1 aliphatic heterocycles. The van der Waals surface area contributed by atoms with Crippen molar-refractivity contribution in [1.29, 1.82) is 0 Å². The van der Waals surface area contributed by atoms with E-state index in [9.17, 15) is 0 Å². The van der Waals surface area contributed by atoms with Crippen LogP contribution in [0.1, 0.15) is 52.1 Å². The van der Waals surface area contributed by atoms with Crippen LogP contribution in [0.3, 0.4) is 0 Å². The van der Waals surface area contributed by atoms with Gasteiger partial charge in [0.2, 0.25) is 0 Å². The fourth-order valence-electron chi connectivity index (χ4n) is 3.28. The fourth-order valence-corrected chi connectivity index (χ4v) is 3.93. The summed E-state index contributed by atoms with van der Waals surface area (Å²) >= 11 is 3.78. The molecule has 1 atom stereocenters. The Balaban J connectivity index is 2.05. The Morgan fingerprint density at radius 3 is 2.43 bits per heavy atom. The summed E-state index contributed by atoms with van der Waals surface area (Å²) in [5, 5.41) is 3.47. The van der Waals surface area contributed by atoms with Gasteiger partial charge < -0.3 is 10.2 Å². The highest BCUT2D eigenvalue weighted by atomic mass is 79.9. The third kappa shape index (κ3) is 4.23. The van der Waals surface area contributed by atoms with E-state index in [2.05, 4.69) is 72.0 Å². The first-order valence-electron chi connectivity index (χ1n) is 8.30. The maximum absolute atomic E-state index is 3.78. The van der Waals surface area contributed by atoms with E-state index in [1.807, 2.05) is 0 Å². The maximum atomic E-state index is 3.78. The van der Waals surface area contributed by atoms with Crippen molar-refractivity contribution in [2.45, 2.75) is 46.6 Å². The second-order valence-corrected chi connectivity index (χ2v) is 7.41. The third-order valence-corrected chi connectivity index (χ3v) is 5.44. The Morgan fingerprint density at radius 2 is 1.90 bits per heavy atom. The molecule has 1 heterocycles. The highest BCUT2D eigenvalue weighted by molar-refractivity contribution is 9.10. The molecule has 0 aliphatic carbocycles. The molecule has 0 saturated carbocycles. The number of rotatable bonds is 5. The van der Waals surface area contributed by atoms with Crippen molar-refractivity contribution in [1.82, 2.24) is 5.32 Å². The summed E-state index contributed by atoms with van der Waals surface area (Å²) in [6, 6.07) is 7.23. The molecule has 3 heteroatoms. The first kappa shape index (κ1) is 16.8. The number of anilines is 1. The quantitative estimate of drug-likeness (QED) is 0.802. The number of nitrogens with one attached hydrogen (secondary N) is 1. The van der Waals surface area contributed by atoms with Gasteiger partial charge in [-0.3, -0.25) is 0 Å². The van der Waals surface area contributed by atoms with Crippen molar-refractivity contribution in [2.75, 3.05) is 24.5 Å². The summed E-state index contributed by atoms with van der Waals surface area (Å²) in [5.41, 5.74) is 2.70. The van der Waals surface area contributed by atoms with Crippen LogP contribution in [-0.4, -0.2) is 19.6 Å². The Morgan fingerprint density at radius 1 is 1.24 bits per heavy atom. The van der Waals surface area contributed by atoms with Crippen LogP contribution in [0.15, 0.2) is 22.7 Å². The van der Waals surface area contributed by atoms with Gasteiger partial charge in [0.25, 0.3) is 0 Å². The van der Waals surface area contributed by atoms with E-state index in [-0.39, 0.29) is 0 Å². The second-order valence-electron chi connectivity index (χ2n) is 6.56. The number of nitrogens with zero attached hydrogens (tertiary/aromatic N) is 1. The first-order valence-corrected chi connectivity index (χ1v) is 9.10. The molecule has 0 amide bonds. The van der Waals surface area contributed by atoms with Crippen LogP contribution in [0, 0.1) is 11.8 Å². The molecule has 2 rings (SSSR count). The Hall–Kier alpha value is -0.540. The molecule has 1 N–H and O–H groups in total. The molecule has 1 aromatic carbocycles. The summed E-state index contributed by atoms with van der Waals surface area (Å²) in [7, 11) is 0. The normalized spacial score (nSPS) is 18.3. The summed E-state index contributed by atoms with van der Waals surface area (Å²) in [5.74, 6) is 1.71. The van der Waals surface area contributed by atoms with E-state index in [1.54, 1.807) is 0 Å². The highest BCUT2D eigenvalue weighted by Gasteiger charge is 2.22. The van der Waals surface area contributed by atoms with E-state index in [4.69, 9.17) is 0 Å². The lowest BCUT2D eigenvalue weighted by Gasteiger charge is -2.36. The SMILES string of the molecule is CCNC(C)c1ccc(N2CCC(C(C)C)CC2)c(Br)c1.